The van der Waals surface area contributed by atoms with Crippen molar-refractivity contribution in [2.24, 2.45) is 0 Å². The Kier molecular flexibility index (Phi) is 10.9. The van der Waals surface area contributed by atoms with Crippen molar-refractivity contribution in [3.05, 3.63) is 165 Å². The van der Waals surface area contributed by atoms with Crippen LogP contribution in [0.15, 0.2) is 138 Å². The zero-order chi connectivity index (χ0) is 32.5. The van der Waals surface area contributed by atoms with Crippen LogP contribution in [0.5, 0.6) is 0 Å². The van der Waals surface area contributed by atoms with E-state index >= 15 is 0 Å². The van der Waals surface area contributed by atoms with Gasteiger partial charge in [-0.15, -0.1) is 11.8 Å². The Morgan fingerprint density at radius 2 is 1.43 bits per heavy atom. The molecule has 9 heteroatoms. The minimum Gasteiger partial charge on any atom is -0.325 e. The predicted molar refractivity (Wildman–Crippen MR) is 188 cm³/mol. The van der Waals surface area contributed by atoms with E-state index in [-0.39, 0.29) is 11.6 Å². The molecule has 0 aromatic heterocycles. The fourth-order valence-corrected chi connectivity index (χ4v) is 5.95. The minimum absolute atomic E-state index is 0.0124. The third kappa shape index (κ3) is 8.67. The molecule has 1 atom stereocenters. The van der Waals surface area contributed by atoms with Crippen molar-refractivity contribution in [2.45, 2.75) is 17.1 Å². The van der Waals surface area contributed by atoms with Crippen molar-refractivity contribution >= 4 is 70.1 Å². The molecule has 6 nitrogen and oxygen atoms in total. The van der Waals surface area contributed by atoms with Crippen LogP contribution >= 0.6 is 35.0 Å². The molecular formula is C37H29Cl2N3O3S. The largest absolute Gasteiger partial charge is 0.325 e. The number of amides is 3. The zero-order valence-electron chi connectivity index (χ0n) is 24.7. The summed E-state index contributed by atoms with van der Waals surface area (Å²) < 4.78 is 0. The summed E-state index contributed by atoms with van der Waals surface area (Å²) in [7, 11) is 0. The number of carbonyl (C=O) groups excluding carboxylic acids is 3. The van der Waals surface area contributed by atoms with Gasteiger partial charge in [0, 0.05) is 31.9 Å². The van der Waals surface area contributed by atoms with E-state index < -0.39 is 17.1 Å². The molecule has 5 aromatic rings. The number of anilines is 2. The van der Waals surface area contributed by atoms with Crippen molar-refractivity contribution in [3.8, 4) is 0 Å². The van der Waals surface area contributed by atoms with E-state index in [9.17, 15) is 14.4 Å². The number of hydrogen-bond donors (Lipinski definition) is 3. The van der Waals surface area contributed by atoms with Gasteiger partial charge in [0.2, 0.25) is 5.91 Å². The first-order valence-electron chi connectivity index (χ1n) is 14.3. The van der Waals surface area contributed by atoms with E-state index in [0.29, 0.717) is 32.5 Å². The molecule has 1 unspecified atom stereocenters. The van der Waals surface area contributed by atoms with Gasteiger partial charge in [0.25, 0.3) is 11.8 Å². The molecule has 230 valence electrons. The zero-order valence-corrected chi connectivity index (χ0v) is 27.0. The SMILES string of the molecule is Cc1ccc(Cl)cc1NC(=O)C(Sc1cccc(NC(=O)/C(=C\c2ccccc2Cl)NC(=O)c2ccccc2)c1)c1ccccc1. The summed E-state index contributed by atoms with van der Waals surface area (Å²) in [6.45, 7) is 1.90. The van der Waals surface area contributed by atoms with Crippen LogP contribution in [-0.4, -0.2) is 17.7 Å². The molecule has 0 radical (unpaired) electrons. The summed E-state index contributed by atoms with van der Waals surface area (Å²) in [6.07, 6.45) is 1.53. The fraction of sp³-hybridized carbons (Fsp3) is 0.0541. The summed E-state index contributed by atoms with van der Waals surface area (Å²) in [6, 6.07) is 37.6. The number of carbonyl (C=O) groups is 3. The van der Waals surface area contributed by atoms with Gasteiger partial charge in [0.1, 0.15) is 10.9 Å². The summed E-state index contributed by atoms with van der Waals surface area (Å²) in [5.41, 5.74) is 3.79. The monoisotopic (exact) mass is 665 g/mol. The van der Waals surface area contributed by atoms with Crippen LogP contribution in [0.1, 0.15) is 32.3 Å². The highest BCUT2D eigenvalue weighted by molar-refractivity contribution is 8.00. The highest BCUT2D eigenvalue weighted by Gasteiger charge is 2.23. The van der Waals surface area contributed by atoms with Crippen LogP contribution in [0, 0.1) is 6.92 Å². The van der Waals surface area contributed by atoms with Crippen LogP contribution < -0.4 is 16.0 Å². The Bertz CT molecular complexity index is 1900. The Hall–Kier alpha value is -4.82. The Morgan fingerprint density at radius 1 is 0.739 bits per heavy atom. The quantitative estimate of drug-likeness (QED) is 0.103. The van der Waals surface area contributed by atoms with Crippen LogP contribution in [0.25, 0.3) is 6.08 Å². The van der Waals surface area contributed by atoms with Gasteiger partial charge in [0.15, 0.2) is 0 Å². The van der Waals surface area contributed by atoms with E-state index in [0.717, 1.165) is 16.0 Å². The van der Waals surface area contributed by atoms with Crippen LogP contribution in [0.2, 0.25) is 10.0 Å². The van der Waals surface area contributed by atoms with Gasteiger partial charge >= 0.3 is 0 Å². The molecular weight excluding hydrogens is 637 g/mol. The summed E-state index contributed by atoms with van der Waals surface area (Å²) >= 11 is 13.9. The Labute approximate surface area is 281 Å². The van der Waals surface area contributed by atoms with Crippen LogP contribution in [0.4, 0.5) is 11.4 Å². The van der Waals surface area contributed by atoms with Gasteiger partial charge in [0.05, 0.1) is 0 Å². The third-order valence-corrected chi connectivity index (χ3v) is 8.70. The molecule has 0 bridgehead atoms. The van der Waals surface area contributed by atoms with E-state index in [4.69, 9.17) is 23.2 Å². The minimum atomic E-state index is -0.605. The molecule has 5 rings (SSSR count). The number of aryl methyl sites for hydroxylation is 1. The predicted octanol–water partition coefficient (Wildman–Crippen LogP) is 9.18. The second-order valence-electron chi connectivity index (χ2n) is 10.2. The number of benzene rings is 5. The third-order valence-electron chi connectivity index (χ3n) is 6.88. The van der Waals surface area contributed by atoms with Crippen molar-refractivity contribution in [1.29, 1.82) is 0 Å². The van der Waals surface area contributed by atoms with E-state index in [1.165, 1.54) is 17.8 Å². The van der Waals surface area contributed by atoms with Gasteiger partial charge in [-0.1, -0.05) is 102 Å². The van der Waals surface area contributed by atoms with Crippen molar-refractivity contribution < 1.29 is 14.4 Å². The fourth-order valence-electron chi connectivity index (χ4n) is 4.50. The second-order valence-corrected chi connectivity index (χ2v) is 12.3. The average Bonchev–Trinajstić information content (AvgIpc) is 3.07. The van der Waals surface area contributed by atoms with Gasteiger partial charge in [-0.3, -0.25) is 14.4 Å². The van der Waals surface area contributed by atoms with Gasteiger partial charge in [-0.05, 0) is 78.2 Å². The maximum Gasteiger partial charge on any atom is 0.272 e. The molecule has 0 aliphatic carbocycles. The van der Waals surface area contributed by atoms with Gasteiger partial charge in [-0.25, -0.2) is 0 Å². The first kappa shape index (κ1) is 32.6. The average molecular weight is 667 g/mol. The summed E-state index contributed by atoms with van der Waals surface area (Å²) in [5, 5.41) is 8.98. The summed E-state index contributed by atoms with van der Waals surface area (Å²) in [4.78, 5) is 41.0. The maximum absolute atomic E-state index is 13.7. The number of nitrogens with one attached hydrogen (secondary N) is 3. The molecule has 0 saturated carbocycles. The van der Waals surface area contributed by atoms with E-state index in [1.807, 2.05) is 49.4 Å². The smallest absolute Gasteiger partial charge is 0.272 e. The van der Waals surface area contributed by atoms with Crippen molar-refractivity contribution in [3.63, 3.8) is 0 Å². The molecule has 3 N–H and O–H groups in total. The Morgan fingerprint density at radius 3 is 2.17 bits per heavy atom. The number of thioether (sulfide) groups is 1. The van der Waals surface area contributed by atoms with Gasteiger partial charge < -0.3 is 16.0 Å². The Balaban J connectivity index is 1.39. The molecule has 3 amide bonds. The first-order chi connectivity index (χ1) is 22.3. The van der Waals surface area contributed by atoms with E-state index in [2.05, 4.69) is 16.0 Å². The lowest BCUT2D eigenvalue weighted by molar-refractivity contribution is -0.116. The maximum atomic E-state index is 13.7. The van der Waals surface area contributed by atoms with Crippen LogP contribution in [-0.2, 0) is 9.59 Å². The molecule has 0 aliphatic heterocycles. The second kappa shape index (κ2) is 15.5. The molecule has 0 fully saturated rings. The standard InChI is InChI=1S/C37H29Cl2N3O3S/c1-24-19-20-28(38)22-32(24)41-37(45)34(25-11-4-2-5-12-25)46-30-17-10-16-29(23-30)40-36(44)33(21-27-15-8-9-18-31(27)39)42-35(43)26-13-6-3-7-14-26/h2-23,34H,1H3,(H,40,44)(H,41,45)(H,42,43)/b33-21+. The van der Waals surface area contributed by atoms with Crippen LogP contribution in [0.3, 0.4) is 0 Å². The molecule has 46 heavy (non-hydrogen) atoms. The summed E-state index contributed by atoms with van der Waals surface area (Å²) in [5.74, 6) is -1.20. The lowest BCUT2D eigenvalue weighted by atomic mass is 10.1. The molecule has 0 saturated heterocycles. The number of halogens is 2. The lowest BCUT2D eigenvalue weighted by Crippen LogP contribution is -2.30. The molecule has 0 spiro atoms. The van der Waals surface area contributed by atoms with Gasteiger partial charge in [-0.2, -0.15) is 0 Å². The molecule has 0 heterocycles. The normalized spacial score (nSPS) is 11.8. The molecule has 5 aromatic carbocycles. The first-order valence-corrected chi connectivity index (χ1v) is 15.9. The number of rotatable bonds is 10. The van der Waals surface area contributed by atoms with Crippen molar-refractivity contribution in [2.75, 3.05) is 10.6 Å². The van der Waals surface area contributed by atoms with Crippen molar-refractivity contribution in [1.82, 2.24) is 5.32 Å². The molecule has 0 aliphatic rings. The van der Waals surface area contributed by atoms with E-state index in [1.54, 1.807) is 84.9 Å². The topological polar surface area (TPSA) is 87.3 Å². The number of hydrogen-bond acceptors (Lipinski definition) is 4. The highest BCUT2D eigenvalue weighted by atomic mass is 35.5. The highest BCUT2D eigenvalue weighted by Crippen LogP contribution is 2.37. The lowest BCUT2D eigenvalue weighted by Gasteiger charge is -2.19.